The quantitative estimate of drug-likeness (QED) is 0.673. The molecule has 2 nitrogen and oxygen atoms in total. The molecule has 0 spiro atoms. The van der Waals surface area contributed by atoms with Crippen molar-refractivity contribution in [1.82, 2.24) is 9.55 Å². The van der Waals surface area contributed by atoms with E-state index in [0.717, 1.165) is 12.1 Å². The van der Waals surface area contributed by atoms with Gasteiger partial charge >= 0.3 is 0 Å². The van der Waals surface area contributed by atoms with Crippen LogP contribution >= 0.6 is 0 Å². The maximum atomic E-state index is 4.44. The molecule has 102 valence electrons. The molecular formula is C18H20N2. The van der Waals surface area contributed by atoms with Crippen LogP contribution in [0, 0.1) is 0 Å². The van der Waals surface area contributed by atoms with E-state index in [9.17, 15) is 0 Å². The molecule has 1 heterocycles. The number of aromatic nitrogens is 2. The Hall–Kier alpha value is -2.09. The van der Waals surface area contributed by atoms with Gasteiger partial charge in [0.25, 0.3) is 0 Å². The first-order valence-electron chi connectivity index (χ1n) is 7.26. The summed E-state index contributed by atoms with van der Waals surface area (Å²) in [5.41, 5.74) is 4.99. The van der Waals surface area contributed by atoms with E-state index in [0.29, 0.717) is 5.92 Å². The highest BCUT2D eigenvalue weighted by molar-refractivity contribution is 5.75. The summed E-state index contributed by atoms with van der Waals surface area (Å²) in [6, 6.07) is 17.2. The minimum atomic E-state index is 0.637. The lowest BCUT2D eigenvalue weighted by Crippen LogP contribution is -1.98. The van der Waals surface area contributed by atoms with Gasteiger partial charge in [-0.2, -0.15) is 0 Å². The summed E-state index contributed by atoms with van der Waals surface area (Å²) in [6.45, 7) is 5.38. The Bertz CT molecular complexity index is 695. The summed E-state index contributed by atoms with van der Waals surface area (Å²) in [5.74, 6) is 0.637. The smallest absolute Gasteiger partial charge is 0.0961 e. The topological polar surface area (TPSA) is 17.8 Å². The van der Waals surface area contributed by atoms with Gasteiger partial charge in [-0.1, -0.05) is 50.2 Å². The third-order valence-corrected chi connectivity index (χ3v) is 4.04. The first-order valence-corrected chi connectivity index (χ1v) is 7.26. The molecular weight excluding hydrogens is 244 g/mol. The van der Waals surface area contributed by atoms with Crippen LogP contribution in [-0.4, -0.2) is 9.55 Å². The molecule has 0 unspecified atom stereocenters. The standard InChI is InChI=1S/C18H20N2/c1-3-14(2)16-10-8-15(9-11-16)12-20-13-19-17-6-4-5-7-18(17)20/h4-11,13-14H,3,12H2,1-2H3/t14-/m1/s1. The van der Waals surface area contributed by atoms with Crippen molar-refractivity contribution in [2.75, 3.05) is 0 Å². The predicted molar refractivity (Wildman–Crippen MR) is 84.0 cm³/mol. The van der Waals surface area contributed by atoms with Crippen LogP contribution in [0.2, 0.25) is 0 Å². The lowest BCUT2D eigenvalue weighted by Gasteiger charge is -2.10. The Labute approximate surface area is 120 Å². The molecule has 0 aliphatic heterocycles. The van der Waals surface area contributed by atoms with Gasteiger partial charge < -0.3 is 4.57 Å². The zero-order chi connectivity index (χ0) is 13.9. The van der Waals surface area contributed by atoms with E-state index >= 15 is 0 Å². The summed E-state index contributed by atoms with van der Waals surface area (Å²) in [5, 5.41) is 0. The number of nitrogens with zero attached hydrogens (tertiary/aromatic N) is 2. The minimum absolute atomic E-state index is 0.637. The molecule has 0 aliphatic carbocycles. The average molecular weight is 264 g/mol. The van der Waals surface area contributed by atoms with Gasteiger partial charge in [-0.05, 0) is 35.6 Å². The van der Waals surface area contributed by atoms with Crippen LogP contribution in [0.3, 0.4) is 0 Å². The van der Waals surface area contributed by atoms with Crippen molar-refractivity contribution in [3.05, 3.63) is 66.0 Å². The molecule has 0 radical (unpaired) electrons. The van der Waals surface area contributed by atoms with Crippen molar-refractivity contribution in [3.8, 4) is 0 Å². The number of fused-ring (bicyclic) bond motifs is 1. The summed E-state index contributed by atoms with van der Waals surface area (Å²) < 4.78 is 2.20. The van der Waals surface area contributed by atoms with Crippen molar-refractivity contribution in [3.63, 3.8) is 0 Å². The van der Waals surface area contributed by atoms with Gasteiger partial charge in [0.15, 0.2) is 0 Å². The maximum absolute atomic E-state index is 4.44. The van der Waals surface area contributed by atoms with Crippen LogP contribution in [-0.2, 0) is 6.54 Å². The zero-order valence-corrected chi connectivity index (χ0v) is 12.1. The highest BCUT2D eigenvalue weighted by atomic mass is 15.0. The van der Waals surface area contributed by atoms with Crippen molar-refractivity contribution in [2.45, 2.75) is 32.7 Å². The molecule has 0 bridgehead atoms. The molecule has 20 heavy (non-hydrogen) atoms. The molecule has 0 saturated heterocycles. The first kappa shape index (κ1) is 12.9. The summed E-state index contributed by atoms with van der Waals surface area (Å²) in [7, 11) is 0. The third-order valence-electron chi connectivity index (χ3n) is 4.04. The van der Waals surface area contributed by atoms with E-state index < -0.39 is 0 Å². The second-order valence-corrected chi connectivity index (χ2v) is 5.41. The average Bonchev–Trinajstić information content (AvgIpc) is 2.91. The summed E-state index contributed by atoms with van der Waals surface area (Å²) in [6.07, 6.45) is 3.11. The van der Waals surface area contributed by atoms with E-state index in [-0.39, 0.29) is 0 Å². The molecule has 0 saturated carbocycles. The van der Waals surface area contributed by atoms with Gasteiger partial charge in [0.2, 0.25) is 0 Å². The first-order chi connectivity index (χ1) is 9.78. The Kier molecular flexibility index (Phi) is 3.55. The van der Waals surface area contributed by atoms with Crippen LogP contribution in [0.5, 0.6) is 0 Å². The number of para-hydroxylation sites is 2. The molecule has 0 fully saturated rings. The van der Waals surface area contributed by atoms with Gasteiger partial charge in [0, 0.05) is 6.54 Å². The predicted octanol–water partition coefficient (Wildman–Crippen LogP) is 4.60. The zero-order valence-electron chi connectivity index (χ0n) is 12.1. The van der Waals surface area contributed by atoms with Crippen LogP contribution in [0.1, 0.15) is 37.3 Å². The van der Waals surface area contributed by atoms with E-state index in [4.69, 9.17) is 0 Å². The lowest BCUT2D eigenvalue weighted by atomic mass is 9.98. The second kappa shape index (κ2) is 5.49. The fraction of sp³-hybridized carbons (Fsp3) is 0.278. The number of benzene rings is 2. The third kappa shape index (κ3) is 2.46. The molecule has 1 atom stereocenters. The van der Waals surface area contributed by atoms with E-state index in [1.807, 2.05) is 12.4 Å². The van der Waals surface area contributed by atoms with Crippen molar-refractivity contribution in [2.24, 2.45) is 0 Å². The van der Waals surface area contributed by atoms with E-state index in [1.165, 1.54) is 23.1 Å². The largest absolute Gasteiger partial charge is 0.326 e. The SMILES string of the molecule is CC[C@@H](C)c1ccc(Cn2cnc3ccccc32)cc1. The van der Waals surface area contributed by atoms with E-state index in [2.05, 4.69) is 65.9 Å². The van der Waals surface area contributed by atoms with Gasteiger partial charge in [-0.15, -0.1) is 0 Å². The van der Waals surface area contributed by atoms with Gasteiger partial charge in [0.05, 0.1) is 17.4 Å². The van der Waals surface area contributed by atoms with Gasteiger partial charge in [-0.25, -0.2) is 4.98 Å². The molecule has 1 aromatic heterocycles. The van der Waals surface area contributed by atoms with Crippen LogP contribution in [0.4, 0.5) is 0 Å². The van der Waals surface area contributed by atoms with Crippen molar-refractivity contribution >= 4 is 11.0 Å². The molecule has 3 rings (SSSR count). The fourth-order valence-corrected chi connectivity index (χ4v) is 2.52. The van der Waals surface area contributed by atoms with E-state index in [1.54, 1.807) is 0 Å². The fourth-order valence-electron chi connectivity index (χ4n) is 2.52. The normalized spacial score (nSPS) is 12.7. The Morgan fingerprint density at radius 1 is 1.05 bits per heavy atom. The van der Waals surface area contributed by atoms with Gasteiger partial charge in [0.1, 0.15) is 0 Å². The van der Waals surface area contributed by atoms with Crippen molar-refractivity contribution in [1.29, 1.82) is 0 Å². The maximum Gasteiger partial charge on any atom is 0.0961 e. The minimum Gasteiger partial charge on any atom is -0.326 e. The lowest BCUT2D eigenvalue weighted by molar-refractivity contribution is 0.732. The second-order valence-electron chi connectivity index (χ2n) is 5.41. The Balaban J connectivity index is 1.84. The van der Waals surface area contributed by atoms with Gasteiger partial charge in [-0.3, -0.25) is 0 Å². The highest BCUT2D eigenvalue weighted by Crippen LogP contribution is 2.20. The molecule has 2 aromatic carbocycles. The molecule has 0 aliphatic rings. The van der Waals surface area contributed by atoms with Crippen LogP contribution < -0.4 is 0 Å². The number of hydrogen-bond acceptors (Lipinski definition) is 1. The van der Waals surface area contributed by atoms with Crippen LogP contribution in [0.25, 0.3) is 11.0 Å². The molecule has 0 N–H and O–H groups in total. The Morgan fingerprint density at radius 3 is 2.55 bits per heavy atom. The number of hydrogen-bond donors (Lipinski definition) is 0. The van der Waals surface area contributed by atoms with Crippen molar-refractivity contribution < 1.29 is 0 Å². The highest BCUT2D eigenvalue weighted by Gasteiger charge is 2.04. The summed E-state index contributed by atoms with van der Waals surface area (Å²) >= 11 is 0. The number of rotatable bonds is 4. The Morgan fingerprint density at radius 2 is 1.80 bits per heavy atom. The molecule has 0 amide bonds. The molecule has 2 heteroatoms. The molecule has 3 aromatic rings. The number of imidazole rings is 1. The monoisotopic (exact) mass is 264 g/mol. The summed E-state index contributed by atoms with van der Waals surface area (Å²) in [4.78, 5) is 4.44. The van der Waals surface area contributed by atoms with Crippen LogP contribution in [0.15, 0.2) is 54.9 Å².